The highest BCUT2D eigenvalue weighted by Gasteiger charge is 2.24. The fourth-order valence-corrected chi connectivity index (χ4v) is 0.824. The van der Waals surface area contributed by atoms with E-state index in [2.05, 4.69) is 0 Å². The molecule has 0 heterocycles. The maximum atomic E-state index is 11.4. The molecule has 0 saturated carbocycles. The van der Waals surface area contributed by atoms with Crippen molar-refractivity contribution in [3.63, 3.8) is 0 Å². The quantitative estimate of drug-likeness (QED) is 0.715. The lowest BCUT2D eigenvalue weighted by atomic mass is 9.95. The van der Waals surface area contributed by atoms with Crippen LogP contribution >= 0.6 is 0 Å². The van der Waals surface area contributed by atoms with E-state index in [1.165, 1.54) is 0 Å². The van der Waals surface area contributed by atoms with Crippen molar-refractivity contribution in [3.05, 3.63) is 0 Å². The molecule has 3 heteroatoms. The summed E-state index contributed by atoms with van der Waals surface area (Å²) in [6, 6.07) is 0. The zero-order valence-electron chi connectivity index (χ0n) is 9.72. The van der Waals surface area contributed by atoms with Crippen molar-refractivity contribution in [1.29, 1.82) is 0 Å². The number of carbonyl (C=O) groups excluding carboxylic acids is 1. The molecule has 1 N–H and O–H groups in total. The van der Waals surface area contributed by atoms with Gasteiger partial charge in [-0.25, -0.2) is 0 Å². The predicted octanol–water partition coefficient (Wildman–Crippen LogP) is 1.51. The van der Waals surface area contributed by atoms with Crippen molar-refractivity contribution in [2.24, 2.45) is 5.41 Å². The molecule has 0 aliphatic carbocycles. The summed E-state index contributed by atoms with van der Waals surface area (Å²) in [4.78, 5) is 12.9. The van der Waals surface area contributed by atoms with E-state index >= 15 is 0 Å². The molecule has 1 amide bonds. The standard InChI is InChI=1S/C8H17NO2.C2H6/c1-8(2,3)7(11)9(4)5-6-10;1-2/h10H,5-6H2,1-4H3;1-2H3. The highest BCUT2D eigenvalue weighted by atomic mass is 16.3. The summed E-state index contributed by atoms with van der Waals surface area (Å²) >= 11 is 0. The summed E-state index contributed by atoms with van der Waals surface area (Å²) in [7, 11) is 1.70. The molecule has 0 atom stereocenters. The van der Waals surface area contributed by atoms with Gasteiger partial charge in [0, 0.05) is 19.0 Å². The van der Waals surface area contributed by atoms with Gasteiger partial charge in [-0.1, -0.05) is 34.6 Å². The molecule has 80 valence electrons. The first-order valence-electron chi connectivity index (χ1n) is 4.76. The molecule has 0 rings (SSSR count). The second-order valence-electron chi connectivity index (χ2n) is 3.70. The maximum Gasteiger partial charge on any atom is 0.227 e. The van der Waals surface area contributed by atoms with Gasteiger partial charge in [-0.05, 0) is 0 Å². The Labute approximate surface area is 81.7 Å². The Bertz CT molecular complexity index is 138. The smallest absolute Gasteiger partial charge is 0.227 e. The van der Waals surface area contributed by atoms with Gasteiger partial charge in [0.15, 0.2) is 0 Å². The fourth-order valence-electron chi connectivity index (χ4n) is 0.824. The van der Waals surface area contributed by atoms with Gasteiger partial charge in [0.05, 0.1) is 6.61 Å². The van der Waals surface area contributed by atoms with Crippen LogP contribution < -0.4 is 0 Å². The summed E-state index contributed by atoms with van der Waals surface area (Å²) in [6.07, 6.45) is 0. The van der Waals surface area contributed by atoms with Crippen LogP contribution in [0.5, 0.6) is 0 Å². The van der Waals surface area contributed by atoms with Gasteiger partial charge in [-0.2, -0.15) is 0 Å². The van der Waals surface area contributed by atoms with Crippen molar-refractivity contribution in [3.8, 4) is 0 Å². The number of rotatable bonds is 2. The van der Waals surface area contributed by atoms with Gasteiger partial charge in [-0.3, -0.25) is 4.79 Å². The lowest BCUT2D eigenvalue weighted by Gasteiger charge is -2.25. The third kappa shape index (κ3) is 6.58. The van der Waals surface area contributed by atoms with E-state index < -0.39 is 0 Å². The van der Waals surface area contributed by atoms with Crippen molar-refractivity contribution in [1.82, 2.24) is 4.90 Å². The minimum atomic E-state index is -0.343. The Morgan fingerprint density at radius 2 is 1.69 bits per heavy atom. The molecule has 0 aromatic rings. The van der Waals surface area contributed by atoms with Crippen molar-refractivity contribution < 1.29 is 9.90 Å². The van der Waals surface area contributed by atoms with Gasteiger partial charge < -0.3 is 10.0 Å². The molecule has 0 aromatic carbocycles. The molecule has 0 saturated heterocycles. The van der Waals surface area contributed by atoms with Crippen LogP contribution in [0.2, 0.25) is 0 Å². The van der Waals surface area contributed by atoms with Crippen LogP contribution in [-0.4, -0.2) is 36.1 Å². The molecule has 0 bridgehead atoms. The van der Waals surface area contributed by atoms with Gasteiger partial charge in [-0.15, -0.1) is 0 Å². The number of aliphatic hydroxyl groups is 1. The van der Waals surface area contributed by atoms with Gasteiger partial charge in [0.25, 0.3) is 0 Å². The molecule has 0 radical (unpaired) electrons. The van der Waals surface area contributed by atoms with Crippen LogP contribution in [0.1, 0.15) is 34.6 Å². The molecular formula is C10H23NO2. The minimum absolute atomic E-state index is 0.0261. The molecule has 0 spiro atoms. The van der Waals surface area contributed by atoms with Crippen LogP contribution in [0, 0.1) is 5.41 Å². The molecule has 0 fully saturated rings. The Hall–Kier alpha value is -0.570. The van der Waals surface area contributed by atoms with Crippen LogP contribution in [0.25, 0.3) is 0 Å². The van der Waals surface area contributed by atoms with Gasteiger partial charge in [0.2, 0.25) is 5.91 Å². The first-order valence-corrected chi connectivity index (χ1v) is 4.76. The summed E-state index contributed by atoms with van der Waals surface area (Å²) in [6.45, 7) is 10.0. The summed E-state index contributed by atoms with van der Waals surface area (Å²) < 4.78 is 0. The first-order chi connectivity index (χ1) is 5.89. The Morgan fingerprint density at radius 3 is 1.92 bits per heavy atom. The van der Waals surface area contributed by atoms with Crippen LogP contribution in [0.15, 0.2) is 0 Å². The first kappa shape index (κ1) is 14.9. The number of nitrogens with zero attached hydrogens (tertiary/aromatic N) is 1. The van der Waals surface area contributed by atoms with E-state index in [-0.39, 0.29) is 17.9 Å². The summed E-state index contributed by atoms with van der Waals surface area (Å²) in [5.41, 5.74) is -0.343. The molecule has 0 aliphatic rings. The number of hydrogen-bond acceptors (Lipinski definition) is 2. The molecular weight excluding hydrogens is 166 g/mol. The van der Waals surface area contributed by atoms with E-state index in [4.69, 9.17) is 5.11 Å². The highest BCUT2D eigenvalue weighted by molar-refractivity contribution is 5.81. The van der Waals surface area contributed by atoms with Crippen LogP contribution in [0.3, 0.4) is 0 Å². The van der Waals surface area contributed by atoms with Crippen molar-refractivity contribution in [2.45, 2.75) is 34.6 Å². The lowest BCUT2D eigenvalue weighted by molar-refractivity contribution is -0.138. The maximum absolute atomic E-state index is 11.4. The van der Waals surface area contributed by atoms with E-state index in [0.29, 0.717) is 6.54 Å². The third-order valence-electron chi connectivity index (χ3n) is 1.42. The van der Waals surface area contributed by atoms with Crippen molar-refractivity contribution >= 4 is 5.91 Å². The minimum Gasteiger partial charge on any atom is -0.395 e. The number of aliphatic hydroxyl groups excluding tert-OH is 1. The van der Waals surface area contributed by atoms with E-state index in [9.17, 15) is 4.79 Å². The monoisotopic (exact) mass is 189 g/mol. The Balaban J connectivity index is 0. The topological polar surface area (TPSA) is 40.5 Å². The van der Waals surface area contributed by atoms with E-state index in [1.54, 1.807) is 11.9 Å². The third-order valence-corrected chi connectivity index (χ3v) is 1.42. The van der Waals surface area contributed by atoms with E-state index in [1.807, 2.05) is 34.6 Å². The normalized spacial score (nSPS) is 10.1. The number of likely N-dealkylation sites (N-methyl/N-ethyl adjacent to an activating group) is 1. The largest absolute Gasteiger partial charge is 0.395 e. The predicted molar refractivity (Wildman–Crippen MR) is 55.5 cm³/mol. The highest BCUT2D eigenvalue weighted by Crippen LogP contribution is 2.15. The van der Waals surface area contributed by atoms with Gasteiger partial charge in [0.1, 0.15) is 0 Å². The lowest BCUT2D eigenvalue weighted by Crippen LogP contribution is -2.38. The SMILES string of the molecule is CC.CN(CCO)C(=O)C(C)(C)C. The zero-order chi connectivity index (χ0) is 11.1. The van der Waals surface area contributed by atoms with Crippen LogP contribution in [0.4, 0.5) is 0 Å². The van der Waals surface area contributed by atoms with Crippen LogP contribution in [-0.2, 0) is 4.79 Å². The second-order valence-corrected chi connectivity index (χ2v) is 3.70. The Morgan fingerprint density at radius 1 is 1.31 bits per heavy atom. The molecule has 0 aliphatic heterocycles. The summed E-state index contributed by atoms with van der Waals surface area (Å²) in [5.74, 6) is 0.0616. The van der Waals surface area contributed by atoms with E-state index in [0.717, 1.165) is 0 Å². The average molecular weight is 189 g/mol. The molecule has 0 aromatic heterocycles. The second kappa shape index (κ2) is 6.89. The number of hydrogen-bond donors (Lipinski definition) is 1. The van der Waals surface area contributed by atoms with Gasteiger partial charge >= 0.3 is 0 Å². The zero-order valence-corrected chi connectivity index (χ0v) is 9.72. The Kier molecular flexibility index (Phi) is 7.92. The molecule has 13 heavy (non-hydrogen) atoms. The van der Waals surface area contributed by atoms with Crippen molar-refractivity contribution in [2.75, 3.05) is 20.2 Å². The number of carbonyl (C=O) groups is 1. The molecule has 3 nitrogen and oxygen atoms in total. The fraction of sp³-hybridized carbons (Fsp3) is 0.900. The average Bonchev–Trinajstić information content (AvgIpc) is 2.05. The summed E-state index contributed by atoms with van der Waals surface area (Å²) in [5, 5.41) is 8.56. The number of amides is 1. The molecule has 0 unspecified atom stereocenters.